The number of ether oxygens (including phenoxy) is 1. The smallest absolute Gasteiger partial charge is 0.261 e. The SMILES string of the molecule is Fc1cc(F)c(C(Br)CCOCC(F)F)cc1F. The molecule has 0 heterocycles. The molecule has 1 atom stereocenters. The Kier molecular flexibility index (Phi) is 6.01. The van der Waals surface area contributed by atoms with E-state index in [-0.39, 0.29) is 18.6 Å². The molecule has 0 N–H and O–H groups in total. The summed E-state index contributed by atoms with van der Waals surface area (Å²) in [6.07, 6.45) is -2.41. The van der Waals surface area contributed by atoms with Crippen LogP contribution in [0.25, 0.3) is 0 Å². The molecule has 0 bridgehead atoms. The number of alkyl halides is 3. The fraction of sp³-hybridized carbons (Fsp3) is 0.455. The first kappa shape index (κ1) is 15.4. The largest absolute Gasteiger partial charge is 0.375 e. The average molecular weight is 333 g/mol. The lowest BCUT2D eigenvalue weighted by molar-refractivity contribution is 0.0167. The van der Waals surface area contributed by atoms with Gasteiger partial charge < -0.3 is 4.74 Å². The van der Waals surface area contributed by atoms with Crippen molar-refractivity contribution in [3.8, 4) is 0 Å². The van der Waals surface area contributed by atoms with Crippen molar-refractivity contribution in [2.45, 2.75) is 17.7 Å². The van der Waals surface area contributed by atoms with Crippen LogP contribution in [0.1, 0.15) is 16.8 Å². The van der Waals surface area contributed by atoms with Gasteiger partial charge >= 0.3 is 0 Å². The topological polar surface area (TPSA) is 9.23 Å². The maximum atomic E-state index is 13.3. The second kappa shape index (κ2) is 7.04. The van der Waals surface area contributed by atoms with Crippen LogP contribution < -0.4 is 0 Å². The molecule has 18 heavy (non-hydrogen) atoms. The Labute approximate surface area is 109 Å². The zero-order valence-corrected chi connectivity index (χ0v) is 10.7. The summed E-state index contributed by atoms with van der Waals surface area (Å²) in [5.74, 6) is -3.33. The van der Waals surface area contributed by atoms with Gasteiger partial charge in [0.25, 0.3) is 6.43 Å². The standard InChI is InChI=1S/C11H10BrF5O/c12-7(1-2-18-5-11(16)17)6-3-9(14)10(15)4-8(6)13/h3-4,7,11H,1-2,5H2. The van der Waals surface area contributed by atoms with Crippen molar-refractivity contribution in [1.82, 2.24) is 0 Å². The summed E-state index contributed by atoms with van der Waals surface area (Å²) < 4.78 is 67.0. The van der Waals surface area contributed by atoms with Gasteiger partial charge in [0.05, 0.1) is 0 Å². The van der Waals surface area contributed by atoms with Crippen molar-refractivity contribution in [2.24, 2.45) is 0 Å². The van der Waals surface area contributed by atoms with Crippen LogP contribution in [0.5, 0.6) is 0 Å². The molecule has 0 aliphatic carbocycles. The molecule has 0 aliphatic rings. The maximum Gasteiger partial charge on any atom is 0.261 e. The molecule has 0 aromatic heterocycles. The van der Waals surface area contributed by atoms with E-state index < -0.39 is 35.3 Å². The first-order valence-corrected chi connectivity index (χ1v) is 5.97. The van der Waals surface area contributed by atoms with Gasteiger partial charge in [-0.05, 0) is 12.5 Å². The monoisotopic (exact) mass is 332 g/mol. The summed E-state index contributed by atoms with van der Waals surface area (Å²) in [5, 5.41) is 0. The fourth-order valence-electron chi connectivity index (χ4n) is 1.29. The van der Waals surface area contributed by atoms with Crippen LogP contribution in [-0.2, 0) is 4.74 Å². The Morgan fingerprint density at radius 3 is 2.28 bits per heavy atom. The van der Waals surface area contributed by atoms with Gasteiger partial charge in [-0.2, -0.15) is 0 Å². The lowest BCUT2D eigenvalue weighted by Gasteiger charge is -2.12. The van der Waals surface area contributed by atoms with E-state index in [0.29, 0.717) is 6.07 Å². The Morgan fingerprint density at radius 2 is 1.67 bits per heavy atom. The Bertz CT molecular complexity index is 399. The Hall–Kier alpha value is -0.690. The minimum atomic E-state index is -2.57. The number of hydrogen-bond acceptors (Lipinski definition) is 1. The molecule has 1 unspecified atom stereocenters. The van der Waals surface area contributed by atoms with E-state index in [0.717, 1.165) is 6.07 Å². The molecule has 1 aromatic carbocycles. The third-order valence-corrected chi connectivity index (χ3v) is 3.09. The average Bonchev–Trinajstić information content (AvgIpc) is 2.28. The van der Waals surface area contributed by atoms with Crippen LogP contribution in [0.4, 0.5) is 22.0 Å². The molecule has 0 saturated carbocycles. The first-order valence-electron chi connectivity index (χ1n) is 5.06. The highest BCUT2D eigenvalue weighted by molar-refractivity contribution is 9.09. The van der Waals surface area contributed by atoms with Gasteiger partial charge in [-0.1, -0.05) is 15.9 Å². The van der Waals surface area contributed by atoms with Gasteiger partial charge in [0, 0.05) is 23.1 Å². The van der Waals surface area contributed by atoms with Crippen molar-refractivity contribution in [3.05, 3.63) is 35.1 Å². The van der Waals surface area contributed by atoms with Gasteiger partial charge in [-0.25, -0.2) is 22.0 Å². The van der Waals surface area contributed by atoms with Crippen molar-refractivity contribution >= 4 is 15.9 Å². The lowest BCUT2D eigenvalue weighted by atomic mass is 10.1. The van der Waals surface area contributed by atoms with Gasteiger partial charge in [-0.15, -0.1) is 0 Å². The number of rotatable bonds is 6. The number of halogens is 6. The second-order valence-electron chi connectivity index (χ2n) is 3.51. The molecule has 0 aliphatic heterocycles. The maximum absolute atomic E-state index is 13.3. The molecule has 7 heteroatoms. The molecule has 0 saturated heterocycles. The van der Waals surface area contributed by atoms with Gasteiger partial charge in [-0.3, -0.25) is 0 Å². The van der Waals surface area contributed by atoms with Gasteiger partial charge in [0.2, 0.25) is 0 Å². The lowest BCUT2D eigenvalue weighted by Crippen LogP contribution is -2.07. The van der Waals surface area contributed by atoms with Crippen molar-refractivity contribution < 1.29 is 26.7 Å². The van der Waals surface area contributed by atoms with Gasteiger partial charge in [0.1, 0.15) is 12.4 Å². The van der Waals surface area contributed by atoms with Crippen LogP contribution >= 0.6 is 15.9 Å². The minimum absolute atomic E-state index is 0.0430. The Balaban J connectivity index is 2.56. The molecule has 1 nitrogen and oxygen atoms in total. The third kappa shape index (κ3) is 4.53. The Morgan fingerprint density at radius 1 is 1.06 bits per heavy atom. The molecule has 1 rings (SSSR count). The summed E-state index contributed by atoms with van der Waals surface area (Å²) in [4.78, 5) is -0.634. The summed E-state index contributed by atoms with van der Waals surface area (Å²) >= 11 is 3.07. The first-order chi connectivity index (χ1) is 8.41. The molecule has 1 aromatic rings. The van der Waals surface area contributed by atoms with E-state index in [1.807, 2.05) is 0 Å². The van der Waals surface area contributed by atoms with Crippen LogP contribution in [0.3, 0.4) is 0 Å². The van der Waals surface area contributed by atoms with E-state index in [4.69, 9.17) is 0 Å². The van der Waals surface area contributed by atoms with Crippen molar-refractivity contribution in [2.75, 3.05) is 13.2 Å². The highest BCUT2D eigenvalue weighted by atomic mass is 79.9. The quantitative estimate of drug-likeness (QED) is 0.328. The van der Waals surface area contributed by atoms with Crippen LogP contribution in [0.2, 0.25) is 0 Å². The highest BCUT2D eigenvalue weighted by Gasteiger charge is 2.16. The zero-order chi connectivity index (χ0) is 13.7. The predicted molar refractivity (Wildman–Crippen MR) is 59.4 cm³/mol. The van der Waals surface area contributed by atoms with Crippen molar-refractivity contribution in [3.63, 3.8) is 0 Å². The molecular formula is C11H10BrF5O. The molecule has 102 valence electrons. The summed E-state index contributed by atoms with van der Waals surface area (Å²) in [6, 6.07) is 1.18. The summed E-state index contributed by atoms with van der Waals surface area (Å²) in [5.41, 5.74) is -0.0745. The van der Waals surface area contributed by atoms with Crippen LogP contribution in [-0.4, -0.2) is 19.6 Å². The molecule has 0 amide bonds. The minimum Gasteiger partial charge on any atom is -0.375 e. The van der Waals surface area contributed by atoms with Crippen LogP contribution in [0, 0.1) is 17.5 Å². The number of hydrogen-bond donors (Lipinski definition) is 0. The zero-order valence-electron chi connectivity index (χ0n) is 9.11. The molecule has 0 fully saturated rings. The number of benzene rings is 1. The van der Waals surface area contributed by atoms with E-state index in [2.05, 4.69) is 20.7 Å². The van der Waals surface area contributed by atoms with Crippen LogP contribution in [0.15, 0.2) is 12.1 Å². The van der Waals surface area contributed by atoms with E-state index in [9.17, 15) is 22.0 Å². The van der Waals surface area contributed by atoms with E-state index >= 15 is 0 Å². The second-order valence-corrected chi connectivity index (χ2v) is 4.62. The normalized spacial score (nSPS) is 13.1. The molecule has 0 spiro atoms. The van der Waals surface area contributed by atoms with E-state index in [1.54, 1.807) is 0 Å². The predicted octanol–water partition coefficient (Wildman–Crippen LogP) is 4.21. The molecule has 0 radical (unpaired) electrons. The summed E-state index contributed by atoms with van der Waals surface area (Å²) in [7, 11) is 0. The highest BCUT2D eigenvalue weighted by Crippen LogP contribution is 2.30. The van der Waals surface area contributed by atoms with Gasteiger partial charge in [0.15, 0.2) is 11.6 Å². The molecular weight excluding hydrogens is 323 g/mol. The van der Waals surface area contributed by atoms with E-state index in [1.165, 1.54) is 0 Å². The third-order valence-electron chi connectivity index (χ3n) is 2.14. The fourth-order valence-corrected chi connectivity index (χ4v) is 1.83. The van der Waals surface area contributed by atoms with Crippen molar-refractivity contribution in [1.29, 1.82) is 0 Å². The summed E-state index contributed by atoms with van der Waals surface area (Å²) in [6.45, 7) is -0.751.